The standard InChI is InChI=1S/C16H24N2/c17-15(14-6-2-1-3-7-14)8-11-18-12-16(13-18)9-4-5-10-16/h1-3,6-7,15H,4-5,8-13,17H2. The van der Waals surface area contributed by atoms with Crippen LogP contribution in [-0.4, -0.2) is 24.5 Å². The third-order valence-corrected chi connectivity index (χ3v) is 4.77. The van der Waals surface area contributed by atoms with Crippen LogP contribution in [0, 0.1) is 5.41 Å². The maximum Gasteiger partial charge on any atom is 0.0307 e. The Morgan fingerprint density at radius 3 is 2.44 bits per heavy atom. The van der Waals surface area contributed by atoms with Gasteiger partial charge in [0, 0.05) is 19.1 Å². The highest BCUT2D eigenvalue weighted by atomic mass is 15.2. The first-order valence-corrected chi connectivity index (χ1v) is 7.30. The van der Waals surface area contributed by atoms with Crippen molar-refractivity contribution in [2.45, 2.75) is 38.1 Å². The second kappa shape index (κ2) is 5.02. The van der Waals surface area contributed by atoms with Gasteiger partial charge in [-0.25, -0.2) is 0 Å². The van der Waals surface area contributed by atoms with Crippen LogP contribution in [0.5, 0.6) is 0 Å². The molecule has 1 spiro atoms. The van der Waals surface area contributed by atoms with E-state index in [9.17, 15) is 0 Å². The average molecular weight is 244 g/mol. The average Bonchev–Trinajstić information content (AvgIpc) is 2.85. The van der Waals surface area contributed by atoms with Gasteiger partial charge in [0.05, 0.1) is 0 Å². The number of hydrogen-bond acceptors (Lipinski definition) is 2. The third kappa shape index (κ3) is 2.45. The summed E-state index contributed by atoms with van der Waals surface area (Å²) in [7, 11) is 0. The van der Waals surface area contributed by atoms with E-state index in [-0.39, 0.29) is 6.04 Å². The number of likely N-dealkylation sites (tertiary alicyclic amines) is 1. The van der Waals surface area contributed by atoms with Gasteiger partial charge in [-0.1, -0.05) is 43.2 Å². The van der Waals surface area contributed by atoms with Crippen molar-refractivity contribution < 1.29 is 0 Å². The van der Waals surface area contributed by atoms with Gasteiger partial charge < -0.3 is 10.6 Å². The molecule has 2 fully saturated rings. The van der Waals surface area contributed by atoms with E-state index in [0.717, 1.165) is 18.4 Å². The number of nitrogens with zero attached hydrogens (tertiary/aromatic N) is 1. The SMILES string of the molecule is NC(CCN1CC2(CCCC2)C1)c1ccccc1. The molecule has 1 atom stereocenters. The van der Waals surface area contributed by atoms with E-state index in [4.69, 9.17) is 5.73 Å². The Morgan fingerprint density at radius 2 is 1.78 bits per heavy atom. The van der Waals surface area contributed by atoms with Crippen LogP contribution in [0.25, 0.3) is 0 Å². The van der Waals surface area contributed by atoms with Gasteiger partial charge in [0.1, 0.15) is 0 Å². The normalized spacial score (nSPS) is 24.1. The molecule has 1 heterocycles. The molecule has 2 N–H and O–H groups in total. The molecule has 2 heteroatoms. The summed E-state index contributed by atoms with van der Waals surface area (Å²) in [6, 6.07) is 10.7. The largest absolute Gasteiger partial charge is 0.324 e. The van der Waals surface area contributed by atoms with E-state index in [1.165, 1.54) is 44.3 Å². The summed E-state index contributed by atoms with van der Waals surface area (Å²) in [6.45, 7) is 3.82. The van der Waals surface area contributed by atoms with Crippen molar-refractivity contribution in [1.29, 1.82) is 0 Å². The lowest BCUT2D eigenvalue weighted by atomic mass is 9.78. The molecule has 2 nitrogen and oxygen atoms in total. The lowest BCUT2D eigenvalue weighted by molar-refractivity contribution is 0.00442. The second-order valence-corrected chi connectivity index (χ2v) is 6.22. The molecule has 1 saturated carbocycles. The molecule has 0 radical (unpaired) electrons. The first-order valence-electron chi connectivity index (χ1n) is 7.30. The molecule has 1 aliphatic carbocycles. The van der Waals surface area contributed by atoms with Crippen LogP contribution in [0.2, 0.25) is 0 Å². The molecule has 0 amide bonds. The lowest BCUT2D eigenvalue weighted by Crippen LogP contribution is -2.55. The molecule has 1 aromatic carbocycles. The summed E-state index contributed by atoms with van der Waals surface area (Å²) >= 11 is 0. The predicted molar refractivity (Wildman–Crippen MR) is 75.3 cm³/mol. The zero-order chi connectivity index (χ0) is 12.4. The first-order chi connectivity index (χ1) is 8.77. The molecular weight excluding hydrogens is 220 g/mol. The molecule has 1 aromatic rings. The highest BCUT2D eigenvalue weighted by Crippen LogP contribution is 2.45. The van der Waals surface area contributed by atoms with Crippen LogP contribution in [-0.2, 0) is 0 Å². The van der Waals surface area contributed by atoms with Gasteiger partial charge in [-0.05, 0) is 36.8 Å². The fourth-order valence-corrected chi connectivity index (χ4v) is 3.69. The predicted octanol–water partition coefficient (Wildman–Crippen LogP) is 2.95. The minimum absolute atomic E-state index is 0.200. The van der Waals surface area contributed by atoms with Crippen LogP contribution >= 0.6 is 0 Å². The molecule has 3 rings (SSSR count). The Kier molecular flexibility index (Phi) is 3.40. The van der Waals surface area contributed by atoms with Crippen molar-refractivity contribution in [3.05, 3.63) is 35.9 Å². The van der Waals surface area contributed by atoms with Gasteiger partial charge in [0.25, 0.3) is 0 Å². The van der Waals surface area contributed by atoms with Gasteiger partial charge in [-0.15, -0.1) is 0 Å². The van der Waals surface area contributed by atoms with Crippen molar-refractivity contribution in [3.63, 3.8) is 0 Å². The van der Waals surface area contributed by atoms with Crippen LogP contribution in [0.1, 0.15) is 43.7 Å². The highest BCUT2D eigenvalue weighted by Gasteiger charge is 2.44. The summed E-state index contributed by atoms with van der Waals surface area (Å²) in [5, 5.41) is 0. The van der Waals surface area contributed by atoms with Crippen LogP contribution < -0.4 is 5.73 Å². The third-order valence-electron chi connectivity index (χ3n) is 4.77. The van der Waals surface area contributed by atoms with Gasteiger partial charge in [-0.3, -0.25) is 0 Å². The summed E-state index contributed by atoms with van der Waals surface area (Å²) in [6.07, 6.45) is 6.93. The van der Waals surface area contributed by atoms with Gasteiger partial charge >= 0.3 is 0 Å². The molecule has 1 saturated heterocycles. The quantitative estimate of drug-likeness (QED) is 0.882. The maximum atomic E-state index is 6.24. The minimum atomic E-state index is 0.200. The number of benzene rings is 1. The second-order valence-electron chi connectivity index (χ2n) is 6.22. The Labute approximate surface area is 110 Å². The van der Waals surface area contributed by atoms with Crippen LogP contribution in [0.15, 0.2) is 30.3 Å². The van der Waals surface area contributed by atoms with Gasteiger partial charge in [0.2, 0.25) is 0 Å². The van der Waals surface area contributed by atoms with Crippen molar-refractivity contribution in [2.75, 3.05) is 19.6 Å². The number of rotatable bonds is 4. The molecule has 2 aliphatic rings. The summed E-state index contributed by atoms with van der Waals surface area (Å²) in [5.74, 6) is 0. The fourth-order valence-electron chi connectivity index (χ4n) is 3.69. The number of nitrogens with two attached hydrogens (primary N) is 1. The minimum Gasteiger partial charge on any atom is -0.324 e. The van der Waals surface area contributed by atoms with E-state index in [1.807, 2.05) is 0 Å². The Hall–Kier alpha value is -0.860. The molecule has 0 aromatic heterocycles. The zero-order valence-corrected chi connectivity index (χ0v) is 11.1. The Morgan fingerprint density at radius 1 is 1.11 bits per heavy atom. The molecule has 1 aliphatic heterocycles. The van der Waals surface area contributed by atoms with Crippen molar-refractivity contribution in [3.8, 4) is 0 Å². The first kappa shape index (κ1) is 12.2. The monoisotopic (exact) mass is 244 g/mol. The van der Waals surface area contributed by atoms with Crippen molar-refractivity contribution in [1.82, 2.24) is 4.90 Å². The molecule has 1 unspecified atom stereocenters. The highest BCUT2D eigenvalue weighted by molar-refractivity contribution is 5.18. The summed E-state index contributed by atoms with van der Waals surface area (Å²) in [5.41, 5.74) is 8.23. The molecular formula is C16H24N2. The van der Waals surface area contributed by atoms with E-state index in [0.29, 0.717) is 0 Å². The van der Waals surface area contributed by atoms with Crippen LogP contribution in [0.3, 0.4) is 0 Å². The van der Waals surface area contributed by atoms with Gasteiger partial charge in [-0.2, -0.15) is 0 Å². The van der Waals surface area contributed by atoms with Crippen LogP contribution in [0.4, 0.5) is 0 Å². The maximum absolute atomic E-state index is 6.24. The fraction of sp³-hybridized carbons (Fsp3) is 0.625. The van der Waals surface area contributed by atoms with E-state index in [2.05, 4.69) is 35.2 Å². The molecule has 0 bridgehead atoms. The summed E-state index contributed by atoms with van der Waals surface area (Å²) in [4.78, 5) is 2.59. The van der Waals surface area contributed by atoms with E-state index < -0.39 is 0 Å². The van der Waals surface area contributed by atoms with Crippen molar-refractivity contribution in [2.24, 2.45) is 11.1 Å². The topological polar surface area (TPSA) is 29.3 Å². The van der Waals surface area contributed by atoms with Gasteiger partial charge in [0.15, 0.2) is 0 Å². The van der Waals surface area contributed by atoms with Crippen molar-refractivity contribution >= 4 is 0 Å². The Bertz CT molecular complexity index is 373. The summed E-state index contributed by atoms with van der Waals surface area (Å²) < 4.78 is 0. The lowest BCUT2D eigenvalue weighted by Gasteiger charge is -2.48. The van der Waals surface area contributed by atoms with E-state index in [1.54, 1.807) is 0 Å². The Balaban J connectivity index is 1.43. The smallest absolute Gasteiger partial charge is 0.0307 e. The van der Waals surface area contributed by atoms with E-state index >= 15 is 0 Å². The molecule has 18 heavy (non-hydrogen) atoms. The zero-order valence-electron chi connectivity index (χ0n) is 11.1. The molecule has 98 valence electrons. The number of hydrogen-bond donors (Lipinski definition) is 1.